The molecule has 0 atom stereocenters. The predicted octanol–water partition coefficient (Wildman–Crippen LogP) is 16.0. The lowest BCUT2D eigenvalue weighted by Gasteiger charge is -2.15. The number of para-hydroxylation sites is 1. The molecule has 0 aromatic heterocycles. The molecule has 1 nitrogen and oxygen atoms in total. The van der Waals surface area contributed by atoms with Crippen molar-refractivity contribution in [1.82, 2.24) is 0 Å². The minimum atomic E-state index is 1.07. The Hall–Kier alpha value is -5.92. The third-order valence-corrected chi connectivity index (χ3v) is 12.1. The number of fused-ring (bicyclic) bond motifs is 6. The highest BCUT2D eigenvalue weighted by Crippen LogP contribution is 2.56. The number of unbranched alkanes of at least 4 members (excludes halogenated alkanes) is 4. The summed E-state index contributed by atoms with van der Waals surface area (Å²) < 4.78 is 0. The van der Waals surface area contributed by atoms with Crippen molar-refractivity contribution < 1.29 is 0 Å². The van der Waals surface area contributed by atoms with Crippen LogP contribution in [0.2, 0.25) is 0 Å². The van der Waals surface area contributed by atoms with Gasteiger partial charge in [-0.15, -0.1) is 0 Å². The van der Waals surface area contributed by atoms with Crippen molar-refractivity contribution in [2.45, 2.75) is 65.2 Å². The summed E-state index contributed by atoms with van der Waals surface area (Å²) >= 11 is 0. The lowest BCUT2D eigenvalue weighted by molar-refractivity contribution is 0.718. The fraction of sp³-hybridized carbons (Fsp3) is 0.185. The zero-order valence-corrected chi connectivity index (χ0v) is 32.0. The van der Waals surface area contributed by atoms with Crippen LogP contribution in [-0.2, 0) is 12.8 Å². The number of aryl methyl sites for hydroxylation is 2. The lowest BCUT2D eigenvalue weighted by atomic mass is 9.87. The van der Waals surface area contributed by atoms with Crippen LogP contribution >= 0.6 is 0 Å². The Bertz CT molecular complexity index is 2900. The second kappa shape index (κ2) is 14.1. The van der Waals surface area contributed by atoms with Gasteiger partial charge >= 0.3 is 0 Å². The largest absolute Gasteiger partial charge is 0.355 e. The molecule has 0 aliphatic heterocycles. The van der Waals surface area contributed by atoms with Crippen molar-refractivity contribution in [3.05, 3.63) is 157 Å². The molecule has 10 rings (SSSR count). The minimum Gasteiger partial charge on any atom is -0.355 e. The van der Waals surface area contributed by atoms with Crippen LogP contribution in [0.4, 0.5) is 11.4 Å². The molecule has 0 bridgehead atoms. The van der Waals surface area contributed by atoms with E-state index in [-0.39, 0.29) is 0 Å². The van der Waals surface area contributed by atoms with Crippen molar-refractivity contribution in [3.63, 3.8) is 0 Å². The van der Waals surface area contributed by atoms with Crippen molar-refractivity contribution in [2.24, 2.45) is 0 Å². The Morgan fingerprint density at radius 3 is 1.49 bits per heavy atom. The first kappa shape index (κ1) is 33.6. The molecule has 55 heavy (non-hydrogen) atoms. The van der Waals surface area contributed by atoms with Gasteiger partial charge in [-0.3, -0.25) is 0 Å². The molecule has 0 amide bonds. The SMILES string of the molecule is CCCCCc1cc2cccc3c4c(-c5ccccc5)c5c6cc(CCCCC)cc7c(Nc8ccccc8)ccc(c5c(-c5ccccc5)c4c(c1)c23)c76. The van der Waals surface area contributed by atoms with E-state index in [1.165, 1.54) is 142 Å². The van der Waals surface area contributed by atoms with Crippen LogP contribution < -0.4 is 5.32 Å². The molecule has 0 aliphatic carbocycles. The Balaban J connectivity index is 1.43. The van der Waals surface area contributed by atoms with Crippen LogP contribution in [0, 0.1) is 0 Å². The molecule has 1 heteroatoms. The highest BCUT2D eigenvalue weighted by molar-refractivity contribution is 6.47. The van der Waals surface area contributed by atoms with Gasteiger partial charge in [0.25, 0.3) is 0 Å². The Morgan fingerprint density at radius 2 is 0.891 bits per heavy atom. The second-order valence-corrected chi connectivity index (χ2v) is 15.7. The molecular formula is C54H47N. The Kier molecular flexibility index (Phi) is 8.59. The monoisotopic (exact) mass is 709 g/mol. The molecule has 0 saturated heterocycles. The quantitative estimate of drug-likeness (QED) is 0.125. The molecule has 0 unspecified atom stereocenters. The molecule has 0 heterocycles. The summed E-state index contributed by atoms with van der Waals surface area (Å²) in [5.74, 6) is 0. The summed E-state index contributed by atoms with van der Waals surface area (Å²) in [6.07, 6.45) is 9.53. The first-order chi connectivity index (χ1) is 27.2. The Labute approximate surface area is 324 Å². The molecular weight excluding hydrogens is 663 g/mol. The number of rotatable bonds is 12. The van der Waals surface area contributed by atoms with E-state index in [9.17, 15) is 0 Å². The molecule has 1 N–H and O–H groups in total. The fourth-order valence-corrected chi connectivity index (χ4v) is 9.69. The summed E-state index contributed by atoms with van der Waals surface area (Å²) in [5, 5.41) is 20.2. The van der Waals surface area contributed by atoms with Gasteiger partial charge < -0.3 is 5.32 Å². The van der Waals surface area contributed by atoms with Gasteiger partial charge in [-0.2, -0.15) is 0 Å². The normalized spacial score (nSPS) is 12.0. The smallest absolute Gasteiger partial charge is 0.0464 e. The molecule has 268 valence electrons. The first-order valence-electron chi connectivity index (χ1n) is 20.6. The third kappa shape index (κ3) is 5.60. The molecule has 0 spiro atoms. The van der Waals surface area contributed by atoms with E-state index in [0.717, 1.165) is 18.5 Å². The van der Waals surface area contributed by atoms with E-state index in [1.54, 1.807) is 0 Å². The van der Waals surface area contributed by atoms with E-state index < -0.39 is 0 Å². The summed E-state index contributed by atoms with van der Waals surface area (Å²) in [6.45, 7) is 4.60. The topological polar surface area (TPSA) is 12.0 Å². The van der Waals surface area contributed by atoms with Crippen LogP contribution in [0.5, 0.6) is 0 Å². The summed E-state index contributed by atoms with van der Waals surface area (Å²) in [6, 6.07) is 55.0. The van der Waals surface area contributed by atoms with Crippen LogP contribution in [0.25, 0.3) is 86.9 Å². The van der Waals surface area contributed by atoms with E-state index in [4.69, 9.17) is 0 Å². The fourth-order valence-electron chi connectivity index (χ4n) is 9.69. The zero-order chi connectivity index (χ0) is 36.9. The van der Waals surface area contributed by atoms with Crippen LogP contribution in [0.3, 0.4) is 0 Å². The first-order valence-corrected chi connectivity index (χ1v) is 20.6. The van der Waals surface area contributed by atoms with Crippen LogP contribution in [0.15, 0.2) is 146 Å². The van der Waals surface area contributed by atoms with Gasteiger partial charge in [0, 0.05) is 16.8 Å². The maximum Gasteiger partial charge on any atom is 0.0464 e. The van der Waals surface area contributed by atoms with Crippen molar-refractivity contribution in [1.29, 1.82) is 0 Å². The van der Waals surface area contributed by atoms with Gasteiger partial charge in [0.05, 0.1) is 0 Å². The van der Waals surface area contributed by atoms with E-state index >= 15 is 0 Å². The number of nitrogens with one attached hydrogen (secondary N) is 1. The second-order valence-electron chi connectivity index (χ2n) is 15.7. The number of anilines is 2. The summed E-state index contributed by atoms with van der Waals surface area (Å²) in [4.78, 5) is 0. The molecule has 0 aliphatic rings. The lowest BCUT2D eigenvalue weighted by Crippen LogP contribution is -1.93. The summed E-state index contributed by atoms with van der Waals surface area (Å²) in [7, 11) is 0. The maximum absolute atomic E-state index is 3.84. The van der Waals surface area contributed by atoms with Crippen molar-refractivity contribution in [2.75, 3.05) is 5.32 Å². The van der Waals surface area contributed by atoms with E-state index in [1.807, 2.05) is 0 Å². The van der Waals surface area contributed by atoms with Gasteiger partial charge in [0.2, 0.25) is 0 Å². The van der Waals surface area contributed by atoms with Gasteiger partial charge in [-0.05, 0) is 143 Å². The zero-order valence-electron chi connectivity index (χ0n) is 32.0. The average molecular weight is 710 g/mol. The highest BCUT2D eigenvalue weighted by Gasteiger charge is 2.28. The Morgan fingerprint density at radius 1 is 0.382 bits per heavy atom. The molecule has 10 aromatic rings. The van der Waals surface area contributed by atoms with Gasteiger partial charge in [-0.25, -0.2) is 0 Å². The van der Waals surface area contributed by atoms with E-state index in [2.05, 4.69) is 165 Å². The van der Waals surface area contributed by atoms with Gasteiger partial charge in [0.15, 0.2) is 0 Å². The van der Waals surface area contributed by atoms with Gasteiger partial charge in [-0.1, -0.05) is 161 Å². The molecule has 0 radical (unpaired) electrons. The van der Waals surface area contributed by atoms with Crippen LogP contribution in [0.1, 0.15) is 63.5 Å². The maximum atomic E-state index is 3.84. The van der Waals surface area contributed by atoms with Crippen LogP contribution in [-0.4, -0.2) is 0 Å². The van der Waals surface area contributed by atoms with E-state index in [0.29, 0.717) is 0 Å². The average Bonchev–Trinajstić information content (AvgIpc) is 3.73. The predicted molar refractivity (Wildman–Crippen MR) is 241 cm³/mol. The van der Waals surface area contributed by atoms with Crippen molar-refractivity contribution in [3.8, 4) is 22.3 Å². The number of hydrogen-bond acceptors (Lipinski definition) is 1. The summed E-state index contributed by atoms with van der Waals surface area (Å²) in [5.41, 5.74) is 10.4. The molecule has 10 aromatic carbocycles. The molecule has 0 fully saturated rings. The molecule has 0 saturated carbocycles. The number of hydrogen-bond donors (Lipinski definition) is 1. The van der Waals surface area contributed by atoms with Gasteiger partial charge in [0.1, 0.15) is 0 Å². The highest BCUT2D eigenvalue weighted by atomic mass is 14.9. The standard InChI is InChI=1S/C54H47N/c1-3-5-10-19-35-31-39-25-18-28-41-47(39)44(33-35)53-49(38-23-14-8-15-24-38)52-42-29-30-46(55-40-26-16-9-17-27-40)43-32-36(20-11-6-4-2)34-45(50(42)43)54(52)48(51(41)53)37-21-12-7-13-22-37/h7-9,12-18,21-34,55H,3-6,10-11,19-20H2,1-2H3. The third-order valence-electron chi connectivity index (χ3n) is 12.1. The minimum absolute atomic E-state index is 1.07. The van der Waals surface area contributed by atoms with Crippen molar-refractivity contribution >= 4 is 76.0 Å². The number of benzene rings is 8.